The number of carboxylic acid groups (broad SMARTS) is 3. The minimum absolute atomic E-state index is 0.0584. The first kappa shape index (κ1) is 16.0. The molecule has 23 heavy (non-hydrogen) atoms. The van der Waals surface area contributed by atoms with Crippen LogP contribution in [0.5, 0.6) is 5.75 Å². The number of rotatable bonds is 5. The molecule has 2 aromatic carbocycles. The zero-order chi connectivity index (χ0) is 17.1. The van der Waals surface area contributed by atoms with Crippen molar-refractivity contribution in [3.05, 3.63) is 53.1 Å². The Labute approximate surface area is 130 Å². The predicted octanol–water partition coefficient (Wildman–Crippen LogP) is 2.46. The number of ether oxygens (including phenoxy) is 1. The van der Waals surface area contributed by atoms with Gasteiger partial charge in [-0.25, -0.2) is 14.4 Å². The third-order valence-corrected chi connectivity index (χ3v) is 3.15. The van der Waals surface area contributed by atoms with E-state index in [2.05, 4.69) is 0 Å². The van der Waals surface area contributed by atoms with Gasteiger partial charge in [-0.15, -0.1) is 0 Å². The maximum Gasteiger partial charge on any atom is 0.335 e. The van der Waals surface area contributed by atoms with Crippen LogP contribution >= 0.6 is 0 Å². The Balaban J connectivity index is 2.69. The minimum Gasteiger partial charge on any atom is -0.497 e. The number of hydrogen-bond donors (Lipinski definition) is 3. The Bertz CT molecular complexity index is 776. The van der Waals surface area contributed by atoms with Gasteiger partial charge in [-0.05, 0) is 47.5 Å². The molecule has 2 rings (SSSR count). The van der Waals surface area contributed by atoms with Gasteiger partial charge >= 0.3 is 17.9 Å². The summed E-state index contributed by atoms with van der Waals surface area (Å²) in [6, 6.07) is 7.71. The van der Waals surface area contributed by atoms with Gasteiger partial charge in [0.05, 0.1) is 23.8 Å². The highest BCUT2D eigenvalue weighted by molar-refractivity contribution is 5.97. The molecule has 0 saturated carbocycles. The molecule has 0 heterocycles. The van der Waals surface area contributed by atoms with Gasteiger partial charge in [-0.3, -0.25) is 0 Å². The van der Waals surface area contributed by atoms with Gasteiger partial charge in [-0.2, -0.15) is 0 Å². The van der Waals surface area contributed by atoms with Crippen molar-refractivity contribution in [2.75, 3.05) is 7.11 Å². The Morgan fingerprint density at radius 2 is 1.09 bits per heavy atom. The summed E-state index contributed by atoms with van der Waals surface area (Å²) in [5.74, 6) is -3.48. The molecular weight excluding hydrogens is 304 g/mol. The number of carboxylic acids is 3. The SMILES string of the molecule is COc1cc(C(=O)O)cc(-c2cc(C(=O)O)cc(C(=O)O)c2)c1. The van der Waals surface area contributed by atoms with E-state index in [1.54, 1.807) is 0 Å². The van der Waals surface area contributed by atoms with Gasteiger partial charge in [0.1, 0.15) is 5.75 Å². The summed E-state index contributed by atoms with van der Waals surface area (Å²) in [6.07, 6.45) is 0. The Morgan fingerprint density at radius 3 is 1.48 bits per heavy atom. The van der Waals surface area contributed by atoms with E-state index in [9.17, 15) is 14.4 Å². The van der Waals surface area contributed by atoms with E-state index >= 15 is 0 Å². The number of hydrogen-bond acceptors (Lipinski definition) is 4. The molecule has 118 valence electrons. The third kappa shape index (κ3) is 3.46. The smallest absolute Gasteiger partial charge is 0.335 e. The van der Waals surface area contributed by atoms with Crippen molar-refractivity contribution in [2.24, 2.45) is 0 Å². The van der Waals surface area contributed by atoms with Crippen LogP contribution in [0, 0.1) is 0 Å². The molecule has 0 aliphatic rings. The van der Waals surface area contributed by atoms with E-state index in [0.29, 0.717) is 5.56 Å². The van der Waals surface area contributed by atoms with Gasteiger partial charge < -0.3 is 20.1 Å². The third-order valence-electron chi connectivity index (χ3n) is 3.15. The molecule has 0 bridgehead atoms. The molecule has 0 aliphatic carbocycles. The molecule has 0 spiro atoms. The maximum atomic E-state index is 11.2. The summed E-state index contributed by atoms with van der Waals surface area (Å²) in [4.78, 5) is 33.5. The number of aromatic carboxylic acids is 3. The molecule has 0 saturated heterocycles. The monoisotopic (exact) mass is 316 g/mol. The summed E-state index contributed by atoms with van der Waals surface area (Å²) in [6.45, 7) is 0. The summed E-state index contributed by atoms with van der Waals surface area (Å²) in [7, 11) is 1.36. The fraction of sp³-hybridized carbons (Fsp3) is 0.0625. The lowest BCUT2D eigenvalue weighted by atomic mass is 9.98. The van der Waals surface area contributed by atoms with E-state index in [1.165, 1.54) is 37.4 Å². The summed E-state index contributed by atoms with van der Waals surface area (Å²) < 4.78 is 5.03. The first-order valence-electron chi connectivity index (χ1n) is 6.36. The second kappa shape index (κ2) is 6.18. The molecule has 0 fully saturated rings. The summed E-state index contributed by atoms with van der Waals surface area (Å²) in [5.41, 5.74) is 0.132. The zero-order valence-electron chi connectivity index (χ0n) is 11.9. The van der Waals surface area contributed by atoms with Crippen LogP contribution in [0.1, 0.15) is 31.1 Å². The van der Waals surface area contributed by atoms with Gasteiger partial charge in [0.2, 0.25) is 0 Å². The van der Waals surface area contributed by atoms with Crippen LogP contribution in [0.25, 0.3) is 11.1 Å². The fourth-order valence-corrected chi connectivity index (χ4v) is 2.05. The lowest BCUT2D eigenvalue weighted by Gasteiger charge is -2.09. The highest BCUT2D eigenvalue weighted by atomic mass is 16.5. The second-order valence-electron chi connectivity index (χ2n) is 4.66. The van der Waals surface area contributed by atoms with Crippen LogP contribution in [-0.2, 0) is 0 Å². The zero-order valence-corrected chi connectivity index (χ0v) is 11.9. The van der Waals surface area contributed by atoms with Gasteiger partial charge in [0, 0.05) is 0 Å². The van der Waals surface area contributed by atoms with Crippen LogP contribution < -0.4 is 4.74 Å². The van der Waals surface area contributed by atoms with Crippen molar-refractivity contribution in [1.29, 1.82) is 0 Å². The van der Waals surface area contributed by atoms with Crippen molar-refractivity contribution in [2.45, 2.75) is 0 Å². The second-order valence-corrected chi connectivity index (χ2v) is 4.66. The molecule has 0 atom stereocenters. The molecule has 3 N–H and O–H groups in total. The van der Waals surface area contributed by atoms with E-state index in [-0.39, 0.29) is 28.0 Å². The molecule has 0 amide bonds. The van der Waals surface area contributed by atoms with E-state index in [4.69, 9.17) is 20.1 Å². The number of benzene rings is 2. The van der Waals surface area contributed by atoms with Crippen LogP contribution in [-0.4, -0.2) is 40.3 Å². The van der Waals surface area contributed by atoms with E-state index < -0.39 is 17.9 Å². The first-order chi connectivity index (χ1) is 10.8. The van der Waals surface area contributed by atoms with Crippen LogP contribution in [0.2, 0.25) is 0 Å². The first-order valence-corrected chi connectivity index (χ1v) is 6.36. The lowest BCUT2D eigenvalue weighted by Crippen LogP contribution is -2.03. The van der Waals surface area contributed by atoms with Crippen LogP contribution in [0.15, 0.2) is 36.4 Å². The molecule has 0 aromatic heterocycles. The highest BCUT2D eigenvalue weighted by Crippen LogP contribution is 2.28. The van der Waals surface area contributed by atoms with Crippen molar-refractivity contribution < 1.29 is 34.4 Å². The van der Waals surface area contributed by atoms with Crippen molar-refractivity contribution in [3.8, 4) is 16.9 Å². The largest absolute Gasteiger partial charge is 0.497 e. The Morgan fingerprint density at radius 1 is 0.696 bits per heavy atom. The maximum absolute atomic E-state index is 11.2. The predicted molar refractivity (Wildman–Crippen MR) is 79.3 cm³/mol. The number of methoxy groups -OCH3 is 1. The van der Waals surface area contributed by atoms with Gasteiger partial charge in [-0.1, -0.05) is 0 Å². The average Bonchev–Trinajstić information content (AvgIpc) is 2.53. The molecule has 0 unspecified atom stereocenters. The molecule has 7 heteroatoms. The topological polar surface area (TPSA) is 121 Å². The van der Waals surface area contributed by atoms with E-state index in [0.717, 1.165) is 6.07 Å². The van der Waals surface area contributed by atoms with Gasteiger partial charge in [0.25, 0.3) is 0 Å². The molecule has 0 aliphatic heterocycles. The molecule has 7 nitrogen and oxygen atoms in total. The molecule has 0 radical (unpaired) electrons. The van der Waals surface area contributed by atoms with Crippen LogP contribution in [0.4, 0.5) is 0 Å². The highest BCUT2D eigenvalue weighted by Gasteiger charge is 2.14. The van der Waals surface area contributed by atoms with E-state index in [1.807, 2.05) is 0 Å². The van der Waals surface area contributed by atoms with Gasteiger partial charge in [0.15, 0.2) is 0 Å². The fourth-order valence-electron chi connectivity index (χ4n) is 2.05. The Hall–Kier alpha value is -3.35. The van der Waals surface area contributed by atoms with Crippen molar-refractivity contribution in [1.82, 2.24) is 0 Å². The van der Waals surface area contributed by atoms with Crippen molar-refractivity contribution >= 4 is 17.9 Å². The normalized spacial score (nSPS) is 10.1. The standard InChI is InChI=1S/C16H12O7/c1-23-13-6-9(4-12(7-13)16(21)22)8-2-10(14(17)18)5-11(3-8)15(19)20/h2-7H,1H3,(H,17,18)(H,19,20)(H,21,22). The number of carbonyl (C=O) groups is 3. The van der Waals surface area contributed by atoms with Crippen molar-refractivity contribution in [3.63, 3.8) is 0 Å². The van der Waals surface area contributed by atoms with Crippen LogP contribution in [0.3, 0.4) is 0 Å². The summed E-state index contributed by atoms with van der Waals surface area (Å²) >= 11 is 0. The Kier molecular flexibility index (Phi) is 4.31. The summed E-state index contributed by atoms with van der Waals surface area (Å²) in [5, 5.41) is 27.3. The quantitative estimate of drug-likeness (QED) is 0.774. The molecule has 2 aromatic rings. The average molecular weight is 316 g/mol. The lowest BCUT2D eigenvalue weighted by molar-refractivity contribution is 0.0681. The minimum atomic E-state index is -1.28. The molecular formula is C16H12O7.